The second-order valence-corrected chi connectivity index (χ2v) is 6.81. The summed E-state index contributed by atoms with van der Waals surface area (Å²) < 4.78 is 13.7. The fraction of sp³-hybridized carbons (Fsp3) is 0.227. The molecular formula is C22H20FN3O. The summed E-state index contributed by atoms with van der Waals surface area (Å²) in [6, 6.07) is 14.2. The van der Waals surface area contributed by atoms with Crippen molar-refractivity contribution in [1.29, 1.82) is 0 Å². The molecule has 1 atom stereocenters. The zero-order valence-electron chi connectivity index (χ0n) is 15.3. The summed E-state index contributed by atoms with van der Waals surface area (Å²) in [4.78, 5) is 23.9. The van der Waals surface area contributed by atoms with Crippen LogP contribution in [0.2, 0.25) is 0 Å². The molecule has 1 amide bonds. The van der Waals surface area contributed by atoms with Crippen LogP contribution in [0.15, 0.2) is 54.7 Å². The summed E-state index contributed by atoms with van der Waals surface area (Å²) in [5, 5.41) is 0. The van der Waals surface area contributed by atoms with Crippen molar-refractivity contribution in [2.75, 3.05) is 6.54 Å². The first-order chi connectivity index (χ1) is 13.0. The Morgan fingerprint density at radius 1 is 1.19 bits per heavy atom. The highest BCUT2D eigenvalue weighted by atomic mass is 19.1. The van der Waals surface area contributed by atoms with E-state index in [-0.39, 0.29) is 17.8 Å². The van der Waals surface area contributed by atoms with Crippen molar-refractivity contribution in [3.63, 3.8) is 0 Å². The van der Waals surface area contributed by atoms with Crippen LogP contribution in [-0.4, -0.2) is 27.3 Å². The Hall–Kier alpha value is -3.08. The second-order valence-electron chi connectivity index (χ2n) is 6.81. The lowest BCUT2D eigenvalue weighted by Crippen LogP contribution is -2.39. The maximum absolute atomic E-state index is 13.7. The molecule has 4 nitrogen and oxygen atoms in total. The van der Waals surface area contributed by atoms with Crippen LogP contribution in [0.4, 0.5) is 4.39 Å². The Bertz CT molecular complexity index is 1000. The molecule has 0 bridgehead atoms. The lowest BCUT2D eigenvalue weighted by atomic mass is 9.92. The highest BCUT2D eigenvalue weighted by Crippen LogP contribution is 2.32. The van der Waals surface area contributed by atoms with Crippen LogP contribution >= 0.6 is 0 Å². The number of aromatic nitrogens is 2. The standard InChI is InChI=1S/C22H20FN3O/c1-14-19-12-18(23)9-8-16(19)10-11-26(14)22(27)20-13-24-15(2)25-21(20)17-6-4-3-5-7-17/h3-9,12-14H,10-11H2,1-2H3. The number of halogens is 1. The molecule has 27 heavy (non-hydrogen) atoms. The smallest absolute Gasteiger partial charge is 0.258 e. The Morgan fingerprint density at radius 3 is 2.74 bits per heavy atom. The molecule has 3 aromatic rings. The highest BCUT2D eigenvalue weighted by molar-refractivity contribution is 6.00. The molecule has 0 spiro atoms. The first-order valence-corrected chi connectivity index (χ1v) is 9.03. The molecule has 5 heteroatoms. The van der Waals surface area contributed by atoms with Gasteiger partial charge in [0.1, 0.15) is 11.6 Å². The topological polar surface area (TPSA) is 46.1 Å². The maximum Gasteiger partial charge on any atom is 0.258 e. The van der Waals surface area contributed by atoms with Crippen LogP contribution in [-0.2, 0) is 6.42 Å². The lowest BCUT2D eigenvalue weighted by molar-refractivity contribution is 0.0677. The Kier molecular flexibility index (Phi) is 4.44. The van der Waals surface area contributed by atoms with Gasteiger partial charge in [-0.05, 0) is 43.5 Å². The quantitative estimate of drug-likeness (QED) is 0.682. The molecule has 1 aliphatic heterocycles. The van der Waals surface area contributed by atoms with Crippen molar-refractivity contribution in [2.45, 2.75) is 26.3 Å². The number of amides is 1. The number of carbonyl (C=O) groups is 1. The Balaban J connectivity index is 1.74. The number of fused-ring (bicyclic) bond motifs is 1. The number of nitrogens with zero attached hydrogens (tertiary/aromatic N) is 3. The molecule has 0 N–H and O–H groups in total. The molecule has 0 radical (unpaired) electrons. The van der Waals surface area contributed by atoms with Crippen molar-refractivity contribution in [2.24, 2.45) is 0 Å². The van der Waals surface area contributed by atoms with Gasteiger partial charge in [-0.15, -0.1) is 0 Å². The fourth-order valence-electron chi connectivity index (χ4n) is 3.66. The highest BCUT2D eigenvalue weighted by Gasteiger charge is 2.30. The number of rotatable bonds is 2. The van der Waals surface area contributed by atoms with Gasteiger partial charge in [0.15, 0.2) is 0 Å². The van der Waals surface area contributed by atoms with Crippen LogP contribution in [0.1, 0.15) is 40.3 Å². The molecule has 0 saturated carbocycles. The van der Waals surface area contributed by atoms with E-state index in [9.17, 15) is 9.18 Å². The first kappa shape index (κ1) is 17.3. The molecule has 2 aromatic carbocycles. The van der Waals surface area contributed by atoms with Gasteiger partial charge in [-0.3, -0.25) is 4.79 Å². The van der Waals surface area contributed by atoms with Crippen molar-refractivity contribution in [3.05, 3.63) is 83.1 Å². The van der Waals surface area contributed by atoms with Gasteiger partial charge in [-0.1, -0.05) is 36.4 Å². The van der Waals surface area contributed by atoms with Gasteiger partial charge in [-0.25, -0.2) is 14.4 Å². The summed E-state index contributed by atoms with van der Waals surface area (Å²) in [6.07, 6.45) is 2.31. The van der Waals surface area contributed by atoms with Crippen molar-refractivity contribution < 1.29 is 9.18 Å². The number of aryl methyl sites for hydroxylation is 1. The van der Waals surface area contributed by atoms with Gasteiger partial charge in [-0.2, -0.15) is 0 Å². The van der Waals surface area contributed by atoms with E-state index in [1.54, 1.807) is 11.1 Å². The molecule has 1 aromatic heterocycles. The molecule has 0 fully saturated rings. The Morgan fingerprint density at radius 2 is 1.96 bits per heavy atom. The molecule has 0 aliphatic carbocycles. The van der Waals surface area contributed by atoms with E-state index >= 15 is 0 Å². The lowest BCUT2D eigenvalue weighted by Gasteiger charge is -2.35. The predicted molar refractivity (Wildman–Crippen MR) is 102 cm³/mol. The molecule has 136 valence electrons. The van der Waals surface area contributed by atoms with Crippen LogP contribution in [0.5, 0.6) is 0 Å². The third kappa shape index (κ3) is 3.21. The van der Waals surface area contributed by atoms with Crippen LogP contribution in [0.25, 0.3) is 11.3 Å². The monoisotopic (exact) mass is 361 g/mol. The summed E-state index contributed by atoms with van der Waals surface area (Å²) in [7, 11) is 0. The van der Waals surface area contributed by atoms with Crippen molar-refractivity contribution in [3.8, 4) is 11.3 Å². The van der Waals surface area contributed by atoms with E-state index in [2.05, 4.69) is 9.97 Å². The van der Waals surface area contributed by atoms with Gasteiger partial charge in [0, 0.05) is 18.3 Å². The average Bonchev–Trinajstić information content (AvgIpc) is 2.69. The number of hydrogen-bond acceptors (Lipinski definition) is 3. The van der Waals surface area contributed by atoms with E-state index in [0.717, 1.165) is 16.7 Å². The SMILES string of the molecule is Cc1ncc(C(=O)N2CCc3ccc(F)cc3C2C)c(-c2ccccc2)n1. The molecule has 4 rings (SSSR count). The second kappa shape index (κ2) is 6.91. The third-order valence-electron chi connectivity index (χ3n) is 5.10. The molecule has 1 unspecified atom stereocenters. The number of carbonyl (C=O) groups excluding carboxylic acids is 1. The zero-order valence-corrected chi connectivity index (χ0v) is 15.3. The normalized spacial score (nSPS) is 16.1. The molecule has 2 heterocycles. The first-order valence-electron chi connectivity index (χ1n) is 9.03. The van der Waals surface area contributed by atoms with Gasteiger partial charge >= 0.3 is 0 Å². The Labute approximate surface area is 157 Å². The minimum atomic E-state index is -0.279. The van der Waals surface area contributed by atoms with Crippen LogP contribution in [0, 0.1) is 12.7 Å². The van der Waals surface area contributed by atoms with Crippen molar-refractivity contribution >= 4 is 5.91 Å². The van der Waals surface area contributed by atoms with Gasteiger partial charge in [0.25, 0.3) is 5.91 Å². The van der Waals surface area contributed by atoms with Crippen LogP contribution < -0.4 is 0 Å². The van der Waals surface area contributed by atoms with Gasteiger partial charge < -0.3 is 4.90 Å². The van der Waals surface area contributed by atoms with E-state index in [4.69, 9.17) is 0 Å². The summed E-state index contributed by atoms with van der Waals surface area (Å²) in [5.74, 6) is 0.208. The fourth-order valence-corrected chi connectivity index (χ4v) is 3.66. The minimum absolute atomic E-state index is 0.128. The molecular weight excluding hydrogens is 341 g/mol. The third-order valence-corrected chi connectivity index (χ3v) is 5.10. The average molecular weight is 361 g/mol. The summed E-state index contributed by atoms with van der Waals surface area (Å²) in [6.45, 7) is 4.33. The van der Waals surface area contributed by atoms with Crippen molar-refractivity contribution in [1.82, 2.24) is 14.9 Å². The minimum Gasteiger partial charge on any atom is -0.331 e. The summed E-state index contributed by atoms with van der Waals surface area (Å²) >= 11 is 0. The van der Waals surface area contributed by atoms with E-state index in [0.29, 0.717) is 30.0 Å². The van der Waals surface area contributed by atoms with Crippen LogP contribution in [0.3, 0.4) is 0 Å². The number of hydrogen-bond donors (Lipinski definition) is 0. The van der Waals surface area contributed by atoms with E-state index in [1.807, 2.05) is 50.2 Å². The summed E-state index contributed by atoms with van der Waals surface area (Å²) in [5.41, 5.74) is 3.94. The predicted octanol–water partition coefficient (Wildman–Crippen LogP) is 4.35. The number of benzene rings is 2. The van der Waals surface area contributed by atoms with E-state index < -0.39 is 0 Å². The molecule has 1 aliphatic rings. The zero-order chi connectivity index (χ0) is 19.0. The van der Waals surface area contributed by atoms with E-state index in [1.165, 1.54) is 12.1 Å². The maximum atomic E-state index is 13.7. The van der Waals surface area contributed by atoms with Gasteiger partial charge in [0.2, 0.25) is 0 Å². The molecule has 0 saturated heterocycles. The largest absolute Gasteiger partial charge is 0.331 e. The van der Waals surface area contributed by atoms with Gasteiger partial charge in [0.05, 0.1) is 17.3 Å².